The van der Waals surface area contributed by atoms with Crippen LogP contribution in [0.2, 0.25) is 51.4 Å². The topological polar surface area (TPSA) is 215 Å². The maximum atomic E-state index is 15.5. The molecule has 362 valence electrons. The van der Waals surface area contributed by atoms with E-state index in [1.807, 2.05) is 6.08 Å². The molecule has 18 heteroatoms. The molecule has 0 spiro atoms. The summed E-state index contributed by atoms with van der Waals surface area (Å²) in [6.07, 6.45) is 3.44. The number of aryl methyl sites for hydroxylation is 1. The minimum atomic E-state index is -2.04. The Hall–Kier alpha value is -5.21. The number of carbonyl (C=O) groups excluding carboxylic acids is 3. The number of amides is 2. The zero-order valence-corrected chi connectivity index (χ0v) is 42.2. The number of alkyl carbamates (subject to hydrolysis) is 1. The third-order valence-electron chi connectivity index (χ3n) is 14.6. The summed E-state index contributed by atoms with van der Waals surface area (Å²) in [5.41, 5.74) is -1.67. The Balaban J connectivity index is 1.18. The standard InChI is InChI=1S/C49H65FN4O11Si2/c1-10-49(63)33-23-37-41-31(26-53(37)42(57)32(33)27-64-45(49)61)40-35(15-14-30-28(2)34(50)24-36(51-41)39(30)40)52-46(62)65-29-13-11-12-17-47(3,18-16-29)43(58)54(20-22-67(7,8)9)48(44(59)60,25-38(55)56)19-21-66(4,5)6/h11,13,23-24,29,35,63H,10,12,14-22,25-27H2,1-9H3,(H,52,62)(H,55,56)(H,59,60)/b13-11+/t29-,35-,47?,48-,49-/m0/s1. The number of fused-ring (bicyclic) bond motifs is 5. The molecule has 3 aromatic rings. The van der Waals surface area contributed by atoms with Crippen molar-refractivity contribution in [2.24, 2.45) is 5.41 Å². The molecule has 0 bridgehead atoms. The average Bonchev–Trinajstić information content (AvgIpc) is 3.61. The molecule has 7 rings (SSSR count). The smallest absolute Gasteiger partial charge is 0.408 e. The van der Waals surface area contributed by atoms with Gasteiger partial charge in [-0.1, -0.05) is 65.2 Å². The quantitative estimate of drug-likeness (QED) is 0.0539. The molecule has 0 fully saturated rings. The number of halogens is 1. The Morgan fingerprint density at radius 1 is 1.03 bits per heavy atom. The number of hydrogen-bond acceptors (Lipinski definition) is 10. The molecule has 2 aliphatic carbocycles. The SMILES string of the molecule is CC[C@@]1(O)C(=O)OCc2c1cc1n(c2=O)Cc2c-1nc1cc(F)c(C)c3c1c2[C@@H](NC(=O)O[C@H]1/C=C/CCC(C)(C(=O)N(CC[Si](C)(C)C)[C@@](CC[Si](C)(C)C)(CC(=O)O)C(=O)O)CC1)CC3. The second-order valence-corrected chi connectivity index (χ2v) is 33.0. The van der Waals surface area contributed by atoms with E-state index in [9.17, 15) is 39.3 Å². The number of carboxylic acid groups (broad SMARTS) is 2. The Morgan fingerprint density at radius 2 is 1.73 bits per heavy atom. The number of aliphatic hydroxyl groups is 1. The van der Waals surface area contributed by atoms with E-state index in [0.717, 1.165) is 5.56 Å². The summed E-state index contributed by atoms with van der Waals surface area (Å²) in [6, 6.07) is 3.38. The number of carbonyl (C=O) groups is 5. The molecule has 1 aromatic carbocycles. The number of ether oxygens (including phenoxy) is 2. The summed E-state index contributed by atoms with van der Waals surface area (Å²) in [6.45, 7) is 17.7. The van der Waals surface area contributed by atoms with Crippen LogP contribution in [0.4, 0.5) is 9.18 Å². The number of carboxylic acids is 2. The van der Waals surface area contributed by atoms with Gasteiger partial charge in [-0.25, -0.2) is 23.8 Å². The molecule has 0 saturated carbocycles. The van der Waals surface area contributed by atoms with Crippen molar-refractivity contribution in [3.8, 4) is 11.4 Å². The number of aromatic nitrogens is 2. The van der Waals surface area contributed by atoms with E-state index < -0.39 is 92.6 Å². The summed E-state index contributed by atoms with van der Waals surface area (Å²) >= 11 is 0. The van der Waals surface area contributed by atoms with Crippen LogP contribution in [0, 0.1) is 18.2 Å². The van der Waals surface area contributed by atoms with Crippen LogP contribution in [-0.4, -0.2) is 94.0 Å². The number of hydrogen-bond donors (Lipinski definition) is 4. The van der Waals surface area contributed by atoms with E-state index in [4.69, 9.17) is 14.5 Å². The number of allylic oxidation sites excluding steroid dienone is 1. The van der Waals surface area contributed by atoms with E-state index in [2.05, 4.69) is 44.6 Å². The highest BCUT2D eigenvalue weighted by atomic mass is 28.3. The summed E-state index contributed by atoms with van der Waals surface area (Å²) in [4.78, 5) is 88.3. The number of esters is 1. The van der Waals surface area contributed by atoms with Crippen molar-refractivity contribution in [2.75, 3.05) is 6.54 Å². The first-order valence-corrected chi connectivity index (χ1v) is 30.9. The third kappa shape index (κ3) is 9.37. The molecule has 0 saturated heterocycles. The van der Waals surface area contributed by atoms with E-state index in [-0.39, 0.29) is 56.5 Å². The van der Waals surface area contributed by atoms with Crippen molar-refractivity contribution in [3.05, 3.63) is 73.8 Å². The lowest BCUT2D eigenvalue weighted by Crippen LogP contribution is -2.62. The fourth-order valence-corrected chi connectivity index (χ4v) is 12.4. The fraction of sp³-hybridized carbons (Fsp3) is 0.571. The minimum Gasteiger partial charge on any atom is -0.481 e. The predicted octanol–water partition coefficient (Wildman–Crippen LogP) is 7.94. The first-order valence-electron chi connectivity index (χ1n) is 23.5. The number of rotatable bonds is 14. The normalized spacial score (nSPS) is 23.7. The average molecular weight is 961 g/mol. The largest absolute Gasteiger partial charge is 0.481 e. The Bertz CT molecular complexity index is 2660. The lowest BCUT2D eigenvalue weighted by molar-refractivity contribution is -0.172. The van der Waals surface area contributed by atoms with Gasteiger partial charge in [-0.05, 0) is 93.2 Å². The van der Waals surface area contributed by atoms with Crippen LogP contribution in [0.1, 0.15) is 105 Å². The second kappa shape index (κ2) is 18.0. The maximum Gasteiger partial charge on any atom is 0.408 e. The number of cyclic esters (lactones) is 1. The van der Waals surface area contributed by atoms with Crippen LogP contribution in [0.15, 0.2) is 29.1 Å². The van der Waals surface area contributed by atoms with Crippen LogP contribution in [-0.2, 0) is 53.8 Å². The van der Waals surface area contributed by atoms with Crippen molar-refractivity contribution in [1.82, 2.24) is 19.8 Å². The van der Waals surface area contributed by atoms with Gasteiger partial charge in [-0.15, -0.1) is 0 Å². The predicted molar refractivity (Wildman–Crippen MR) is 255 cm³/mol. The van der Waals surface area contributed by atoms with Crippen LogP contribution >= 0.6 is 0 Å². The Kier molecular flexibility index (Phi) is 13.4. The third-order valence-corrected chi connectivity index (χ3v) is 18.1. The van der Waals surface area contributed by atoms with Crippen LogP contribution in [0.3, 0.4) is 0 Å². The molecule has 2 aromatic heterocycles. The molecular formula is C49H65FN4O11Si2. The van der Waals surface area contributed by atoms with E-state index >= 15 is 9.18 Å². The van der Waals surface area contributed by atoms with Crippen LogP contribution in [0.25, 0.3) is 22.3 Å². The highest BCUT2D eigenvalue weighted by Gasteiger charge is 2.53. The van der Waals surface area contributed by atoms with Gasteiger partial charge in [-0.3, -0.25) is 14.4 Å². The first kappa shape index (κ1) is 49.7. The molecule has 15 nitrogen and oxygen atoms in total. The molecule has 4 heterocycles. The molecule has 2 aliphatic heterocycles. The molecular weight excluding hydrogens is 896 g/mol. The molecule has 1 unspecified atom stereocenters. The molecule has 67 heavy (non-hydrogen) atoms. The molecule has 0 radical (unpaired) electrons. The van der Waals surface area contributed by atoms with Gasteiger partial charge in [-0.2, -0.15) is 0 Å². The first-order chi connectivity index (χ1) is 31.2. The number of nitrogens with zero attached hydrogens (tertiary/aromatic N) is 3. The van der Waals surface area contributed by atoms with Crippen molar-refractivity contribution in [3.63, 3.8) is 0 Å². The van der Waals surface area contributed by atoms with Gasteiger partial charge in [0.05, 0.1) is 41.5 Å². The lowest BCUT2D eigenvalue weighted by atomic mass is 9.76. The van der Waals surface area contributed by atoms with E-state index in [1.165, 1.54) is 15.5 Å². The minimum absolute atomic E-state index is 0.0277. The van der Waals surface area contributed by atoms with Gasteiger partial charge in [0.2, 0.25) is 5.91 Å². The van der Waals surface area contributed by atoms with Crippen molar-refractivity contribution < 1.29 is 53.2 Å². The second-order valence-electron chi connectivity index (χ2n) is 21.8. The van der Waals surface area contributed by atoms with E-state index in [0.29, 0.717) is 76.8 Å². The van der Waals surface area contributed by atoms with Gasteiger partial charge >= 0.3 is 24.0 Å². The number of aliphatic carboxylic acids is 2. The maximum absolute atomic E-state index is 15.5. The van der Waals surface area contributed by atoms with Gasteiger partial charge < -0.3 is 39.6 Å². The van der Waals surface area contributed by atoms with Crippen molar-refractivity contribution in [2.45, 2.75) is 166 Å². The zero-order chi connectivity index (χ0) is 49.2. The molecule has 4 aliphatic rings. The molecule has 2 amide bonds. The molecule has 4 N–H and O–H groups in total. The summed E-state index contributed by atoms with van der Waals surface area (Å²) in [5, 5.41) is 36.3. The van der Waals surface area contributed by atoms with Crippen molar-refractivity contribution >= 4 is 57.0 Å². The van der Waals surface area contributed by atoms with Crippen LogP contribution in [0.5, 0.6) is 0 Å². The fourth-order valence-electron chi connectivity index (χ4n) is 10.4. The highest BCUT2D eigenvalue weighted by molar-refractivity contribution is 6.76. The monoisotopic (exact) mass is 960 g/mol. The van der Waals surface area contributed by atoms with Gasteiger partial charge in [0.25, 0.3) is 5.56 Å². The Morgan fingerprint density at radius 3 is 2.37 bits per heavy atom. The highest BCUT2D eigenvalue weighted by Crippen LogP contribution is 2.47. The number of pyridine rings is 2. The lowest BCUT2D eigenvalue weighted by Gasteiger charge is -2.46. The summed E-state index contributed by atoms with van der Waals surface area (Å²) in [7, 11) is -3.75. The summed E-state index contributed by atoms with van der Waals surface area (Å²) < 4.78 is 28.4. The van der Waals surface area contributed by atoms with Gasteiger partial charge in [0.1, 0.15) is 18.5 Å². The van der Waals surface area contributed by atoms with Gasteiger partial charge in [0, 0.05) is 50.7 Å². The van der Waals surface area contributed by atoms with Gasteiger partial charge in [0.15, 0.2) is 11.1 Å². The van der Waals surface area contributed by atoms with E-state index in [1.54, 1.807) is 32.9 Å². The number of nitrogens with one attached hydrogen (secondary N) is 1. The Labute approximate surface area is 392 Å². The summed E-state index contributed by atoms with van der Waals surface area (Å²) in [5.74, 6) is -4.32. The zero-order valence-electron chi connectivity index (χ0n) is 40.2. The molecule has 5 atom stereocenters. The number of benzene rings is 1. The van der Waals surface area contributed by atoms with Crippen molar-refractivity contribution in [1.29, 1.82) is 0 Å². The van der Waals surface area contributed by atoms with Crippen LogP contribution < -0.4 is 10.9 Å².